The standard InChI is InChI=1S/C26H27F4N3O3/c1-13-3-2-4-17-16-8-7-15(27)12-19(16)22(25(36)32-21(13)17)33-24(35)18(9-10-26(28,29)30)20(23(31)34)11-14-5-6-14/h2-4,7-8,12,14,18,20,22H,5-6,9-11H2,1H3,(H2,31,34)(H,32,36)(H,33,35)/t18-,20+,22+/m1/s1. The molecule has 4 rings (SSSR count). The van der Waals surface area contributed by atoms with Gasteiger partial charge in [0.15, 0.2) is 0 Å². The van der Waals surface area contributed by atoms with E-state index in [2.05, 4.69) is 10.6 Å². The van der Waals surface area contributed by atoms with E-state index in [0.717, 1.165) is 24.5 Å². The number of amides is 3. The van der Waals surface area contributed by atoms with Crippen LogP contribution in [-0.2, 0) is 14.4 Å². The smallest absolute Gasteiger partial charge is 0.369 e. The largest absolute Gasteiger partial charge is 0.389 e. The second-order valence-electron chi connectivity index (χ2n) is 9.61. The fourth-order valence-corrected chi connectivity index (χ4v) is 4.83. The van der Waals surface area contributed by atoms with E-state index in [1.807, 2.05) is 0 Å². The van der Waals surface area contributed by atoms with Crippen molar-refractivity contribution in [2.45, 2.75) is 51.2 Å². The van der Waals surface area contributed by atoms with Gasteiger partial charge in [0.1, 0.15) is 11.9 Å². The predicted octanol–water partition coefficient (Wildman–Crippen LogP) is 4.77. The number of rotatable bonds is 8. The number of primary amides is 1. The van der Waals surface area contributed by atoms with E-state index in [1.165, 1.54) is 12.1 Å². The van der Waals surface area contributed by atoms with Crippen molar-refractivity contribution in [3.63, 3.8) is 0 Å². The zero-order chi connectivity index (χ0) is 26.2. The fraction of sp³-hybridized carbons (Fsp3) is 0.423. The normalized spacial score (nSPS) is 18.8. The topological polar surface area (TPSA) is 101 Å². The van der Waals surface area contributed by atoms with Gasteiger partial charge in [-0.3, -0.25) is 14.4 Å². The van der Waals surface area contributed by atoms with Gasteiger partial charge >= 0.3 is 6.18 Å². The molecule has 2 aliphatic rings. The second-order valence-corrected chi connectivity index (χ2v) is 9.61. The first-order valence-corrected chi connectivity index (χ1v) is 11.8. The average Bonchev–Trinajstić information content (AvgIpc) is 3.62. The average molecular weight is 506 g/mol. The molecule has 2 aromatic rings. The minimum Gasteiger partial charge on any atom is -0.369 e. The Hall–Kier alpha value is -3.43. The van der Waals surface area contributed by atoms with Gasteiger partial charge in [0.2, 0.25) is 11.8 Å². The minimum atomic E-state index is -4.55. The summed E-state index contributed by atoms with van der Waals surface area (Å²) in [7, 11) is 0. The molecule has 1 heterocycles. The summed E-state index contributed by atoms with van der Waals surface area (Å²) >= 11 is 0. The molecule has 36 heavy (non-hydrogen) atoms. The van der Waals surface area contributed by atoms with Crippen molar-refractivity contribution >= 4 is 23.4 Å². The molecule has 1 aliphatic heterocycles. The molecule has 4 N–H and O–H groups in total. The third kappa shape index (κ3) is 5.68. The van der Waals surface area contributed by atoms with Crippen LogP contribution in [0.15, 0.2) is 36.4 Å². The van der Waals surface area contributed by atoms with E-state index >= 15 is 0 Å². The number of carbonyl (C=O) groups is 3. The van der Waals surface area contributed by atoms with Crippen LogP contribution in [0.5, 0.6) is 0 Å². The Balaban J connectivity index is 1.70. The van der Waals surface area contributed by atoms with Crippen LogP contribution in [0.2, 0.25) is 0 Å². The van der Waals surface area contributed by atoms with Gasteiger partial charge < -0.3 is 16.4 Å². The van der Waals surface area contributed by atoms with Gasteiger partial charge in [0, 0.05) is 23.8 Å². The van der Waals surface area contributed by atoms with Gasteiger partial charge in [-0.15, -0.1) is 0 Å². The van der Waals surface area contributed by atoms with E-state index < -0.39 is 60.4 Å². The maximum atomic E-state index is 14.3. The molecule has 3 atom stereocenters. The third-order valence-electron chi connectivity index (χ3n) is 6.90. The molecule has 1 aliphatic carbocycles. The predicted molar refractivity (Wildman–Crippen MR) is 125 cm³/mol. The number of hydrogen-bond acceptors (Lipinski definition) is 3. The first-order valence-electron chi connectivity index (χ1n) is 11.8. The van der Waals surface area contributed by atoms with Gasteiger partial charge in [-0.1, -0.05) is 37.1 Å². The third-order valence-corrected chi connectivity index (χ3v) is 6.90. The van der Waals surface area contributed by atoms with E-state index in [9.17, 15) is 31.9 Å². The molecule has 0 radical (unpaired) electrons. The molecule has 6 nitrogen and oxygen atoms in total. The molecule has 192 valence electrons. The number of alkyl halides is 3. The number of anilines is 1. The summed E-state index contributed by atoms with van der Waals surface area (Å²) in [5.74, 6) is -5.45. The number of benzene rings is 2. The second kappa shape index (κ2) is 9.91. The zero-order valence-corrected chi connectivity index (χ0v) is 19.6. The molecule has 0 aromatic heterocycles. The zero-order valence-electron chi connectivity index (χ0n) is 19.6. The van der Waals surface area contributed by atoms with Crippen molar-refractivity contribution < 1.29 is 31.9 Å². The molecule has 10 heteroatoms. The van der Waals surface area contributed by atoms with Gasteiger partial charge in [0.05, 0.1) is 5.69 Å². The van der Waals surface area contributed by atoms with E-state index in [-0.39, 0.29) is 17.9 Å². The highest BCUT2D eigenvalue weighted by atomic mass is 19.4. The monoisotopic (exact) mass is 505 g/mol. The van der Waals surface area contributed by atoms with Gasteiger partial charge in [-0.2, -0.15) is 13.2 Å². The highest BCUT2D eigenvalue weighted by Crippen LogP contribution is 2.41. The fourth-order valence-electron chi connectivity index (χ4n) is 4.83. The first kappa shape index (κ1) is 25.7. The number of nitrogens with one attached hydrogen (secondary N) is 2. The van der Waals surface area contributed by atoms with Gasteiger partial charge in [-0.05, 0) is 54.5 Å². The maximum Gasteiger partial charge on any atom is 0.389 e. The van der Waals surface area contributed by atoms with Crippen LogP contribution in [0.25, 0.3) is 11.1 Å². The van der Waals surface area contributed by atoms with E-state index in [4.69, 9.17) is 5.73 Å². The molecule has 0 spiro atoms. The first-order chi connectivity index (χ1) is 16.9. The van der Waals surface area contributed by atoms with Crippen LogP contribution < -0.4 is 16.4 Å². The number of hydrogen-bond donors (Lipinski definition) is 3. The summed E-state index contributed by atoms with van der Waals surface area (Å²) in [6, 6.07) is 7.75. The Labute approximate surface area is 205 Å². The lowest BCUT2D eigenvalue weighted by Crippen LogP contribution is -2.45. The van der Waals surface area contributed by atoms with Crippen molar-refractivity contribution in [1.82, 2.24) is 5.32 Å². The van der Waals surface area contributed by atoms with E-state index in [0.29, 0.717) is 16.8 Å². The minimum absolute atomic E-state index is 0.122. The molecule has 1 fully saturated rings. The molecule has 1 saturated carbocycles. The lowest BCUT2D eigenvalue weighted by Gasteiger charge is -2.27. The van der Waals surface area contributed by atoms with Crippen LogP contribution in [-0.4, -0.2) is 23.9 Å². The summed E-state index contributed by atoms with van der Waals surface area (Å²) in [5.41, 5.74) is 8.03. The highest BCUT2D eigenvalue weighted by Gasteiger charge is 2.41. The summed E-state index contributed by atoms with van der Waals surface area (Å²) < 4.78 is 53.5. The number of halogens is 4. The lowest BCUT2D eigenvalue weighted by molar-refractivity contribution is -0.146. The van der Waals surface area contributed by atoms with Crippen LogP contribution in [0, 0.1) is 30.5 Å². The molecule has 2 aromatic carbocycles. The van der Waals surface area contributed by atoms with E-state index in [1.54, 1.807) is 25.1 Å². The van der Waals surface area contributed by atoms with Gasteiger partial charge in [-0.25, -0.2) is 4.39 Å². The Morgan fingerprint density at radius 3 is 2.50 bits per heavy atom. The summed E-state index contributed by atoms with van der Waals surface area (Å²) in [6.07, 6.45) is -4.65. The highest BCUT2D eigenvalue weighted by molar-refractivity contribution is 6.05. The number of carbonyl (C=O) groups excluding carboxylic acids is 3. The van der Waals surface area contributed by atoms with Crippen LogP contribution >= 0.6 is 0 Å². The van der Waals surface area contributed by atoms with Crippen molar-refractivity contribution in [3.05, 3.63) is 53.3 Å². The number of nitrogens with two attached hydrogens (primary N) is 1. The Morgan fingerprint density at radius 1 is 1.14 bits per heavy atom. The molecular formula is C26H27F4N3O3. The number of fused-ring (bicyclic) bond motifs is 3. The van der Waals surface area contributed by atoms with Crippen LogP contribution in [0.4, 0.5) is 23.2 Å². The Kier molecular flexibility index (Phi) is 7.06. The van der Waals surface area contributed by atoms with Crippen molar-refractivity contribution in [2.24, 2.45) is 23.5 Å². The molecule has 0 unspecified atom stereocenters. The quantitative estimate of drug-likeness (QED) is 0.451. The van der Waals surface area contributed by atoms with Crippen LogP contribution in [0.1, 0.15) is 49.3 Å². The molecule has 0 saturated heterocycles. The number of para-hydroxylation sites is 1. The summed E-state index contributed by atoms with van der Waals surface area (Å²) in [4.78, 5) is 38.9. The summed E-state index contributed by atoms with van der Waals surface area (Å²) in [6.45, 7) is 1.78. The van der Waals surface area contributed by atoms with Crippen LogP contribution in [0.3, 0.4) is 0 Å². The molecule has 0 bridgehead atoms. The Bertz CT molecular complexity index is 1190. The van der Waals surface area contributed by atoms with Crippen molar-refractivity contribution in [1.29, 1.82) is 0 Å². The Morgan fingerprint density at radius 2 is 1.86 bits per heavy atom. The van der Waals surface area contributed by atoms with Crippen molar-refractivity contribution in [2.75, 3.05) is 5.32 Å². The maximum absolute atomic E-state index is 14.3. The summed E-state index contributed by atoms with van der Waals surface area (Å²) in [5, 5.41) is 5.27. The molecular weight excluding hydrogens is 478 g/mol. The van der Waals surface area contributed by atoms with Crippen molar-refractivity contribution in [3.8, 4) is 11.1 Å². The lowest BCUT2D eigenvalue weighted by atomic mass is 9.82. The molecule has 3 amide bonds. The van der Waals surface area contributed by atoms with Gasteiger partial charge in [0.25, 0.3) is 5.91 Å². The number of aryl methyl sites for hydroxylation is 1. The SMILES string of the molecule is Cc1cccc2c1NC(=O)[C@@H](NC(=O)[C@H](CCC(F)(F)F)[C@H](CC1CC1)C(N)=O)c1cc(F)ccc1-2.